The Morgan fingerprint density at radius 1 is 1.24 bits per heavy atom. The van der Waals surface area contributed by atoms with E-state index in [1.165, 1.54) is 23.5 Å². The van der Waals surface area contributed by atoms with E-state index < -0.39 is 11.4 Å². The van der Waals surface area contributed by atoms with Gasteiger partial charge in [0.1, 0.15) is 33.2 Å². The van der Waals surface area contributed by atoms with Crippen LogP contribution in [0.3, 0.4) is 0 Å². The maximum absolute atomic E-state index is 13.5. The van der Waals surface area contributed by atoms with Crippen molar-refractivity contribution in [2.24, 2.45) is 0 Å². The van der Waals surface area contributed by atoms with Gasteiger partial charge in [0, 0.05) is 57.0 Å². The number of aromatic nitrogens is 3. The number of rotatable bonds is 8. The summed E-state index contributed by atoms with van der Waals surface area (Å²) in [5.41, 5.74) is 5.85. The highest BCUT2D eigenvalue weighted by atomic mass is 32.2. The number of hydrogen-bond acceptors (Lipinski definition) is 10. The molecule has 0 spiro atoms. The predicted octanol–water partition coefficient (Wildman–Crippen LogP) is 4.11. The van der Waals surface area contributed by atoms with E-state index in [4.69, 9.17) is 9.97 Å². The first-order valence-electron chi connectivity index (χ1n) is 12.7. The van der Waals surface area contributed by atoms with Crippen LogP contribution in [0, 0.1) is 17.1 Å². The van der Waals surface area contributed by atoms with Crippen molar-refractivity contribution in [2.45, 2.75) is 54.6 Å². The number of thiazole rings is 1. The molecule has 1 aliphatic carbocycles. The Hall–Kier alpha value is -2.34. The van der Waals surface area contributed by atoms with Crippen molar-refractivity contribution < 1.29 is 8.94 Å². The summed E-state index contributed by atoms with van der Waals surface area (Å²) in [5.74, 6) is 0.566. The highest BCUT2D eigenvalue weighted by molar-refractivity contribution is 8.00. The molecule has 2 aromatic heterocycles. The van der Waals surface area contributed by atoms with Gasteiger partial charge in [-0.25, -0.2) is 19.0 Å². The van der Waals surface area contributed by atoms with Crippen LogP contribution in [-0.4, -0.2) is 72.4 Å². The van der Waals surface area contributed by atoms with Crippen molar-refractivity contribution in [3.63, 3.8) is 0 Å². The zero-order valence-corrected chi connectivity index (χ0v) is 23.9. The van der Waals surface area contributed by atoms with E-state index in [0.717, 1.165) is 55.4 Å². The largest absolute Gasteiger partial charge is 0.598 e. The van der Waals surface area contributed by atoms with E-state index >= 15 is 0 Å². The molecule has 3 aromatic rings. The van der Waals surface area contributed by atoms with Gasteiger partial charge in [0.2, 0.25) is 0 Å². The summed E-state index contributed by atoms with van der Waals surface area (Å²) in [5, 5.41) is 11.7. The first kappa shape index (κ1) is 25.9. The van der Waals surface area contributed by atoms with Gasteiger partial charge in [-0.1, -0.05) is 18.3 Å². The fraction of sp³-hybridized carbons (Fsp3) is 0.480. The minimum atomic E-state index is -0.887. The van der Waals surface area contributed by atoms with Crippen LogP contribution in [0.1, 0.15) is 36.8 Å². The first-order chi connectivity index (χ1) is 18.4. The van der Waals surface area contributed by atoms with Gasteiger partial charge in [-0.2, -0.15) is 5.26 Å². The average molecular weight is 573 g/mol. The second-order valence-electron chi connectivity index (χ2n) is 9.76. The molecule has 0 amide bonds. The van der Waals surface area contributed by atoms with Crippen molar-refractivity contribution >= 4 is 45.4 Å². The predicted molar refractivity (Wildman–Crippen MR) is 150 cm³/mol. The van der Waals surface area contributed by atoms with Crippen LogP contribution in [0.4, 0.5) is 15.3 Å². The van der Waals surface area contributed by atoms with E-state index in [-0.39, 0.29) is 17.4 Å². The molecule has 3 atom stereocenters. The maximum atomic E-state index is 13.5. The van der Waals surface area contributed by atoms with E-state index in [2.05, 4.69) is 27.6 Å². The van der Waals surface area contributed by atoms with Crippen LogP contribution in [0.25, 0.3) is 11.3 Å². The first-order valence-corrected chi connectivity index (χ1v) is 15.6. The summed E-state index contributed by atoms with van der Waals surface area (Å²) in [4.78, 5) is 14.5. The molecule has 1 N–H and O–H groups in total. The lowest BCUT2D eigenvalue weighted by Gasteiger charge is -2.28. The summed E-state index contributed by atoms with van der Waals surface area (Å²) < 4.78 is 30.2. The molecular weight excluding hydrogens is 544 g/mol. The lowest BCUT2D eigenvalue weighted by Crippen LogP contribution is -2.43. The zero-order chi connectivity index (χ0) is 26.6. The quantitative estimate of drug-likeness (QED) is 0.400. The summed E-state index contributed by atoms with van der Waals surface area (Å²) in [6, 6.07) is 8.58. The number of nitrogens with zero attached hydrogens (tertiary/aromatic N) is 7. The lowest BCUT2D eigenvalue weighted by atomic mass is 10.1. The van der Waals surface area contributed by atoms with Gasteiger partial charge in [-0.15, -0.1) is 4.31 Å². The molecule has 1 aromatic carbocycles. The number of imidazole rings is 1. The molecule has 38 heavy (non-hydrogen) atoms. The molecule has 1 saturated carbocycles. The molecule has 2 aliphatic heterocycles. The molecular formula is C25H29FN8OS3. The molecule has 13 heteroatoms. The topological polar surface area (TPSA) is 99.3 Å². The van der Waals surface area contributed by atoms with Crippen LogP contribution in [0.2, 0.25) is 0 Å². The number of aryl methyl sites for hydroxylation is 1. The number of anilines is 2. The number of thioether (sulfide) groups is 1. The molecule has 3 aliphatic rings. The highest BCUT2D eigenvalue weighted by Crippen LogP contribution is 2.42. The molecule has 0 radical (unpaired) electrons. The van der Waals surface area contributed by atoms with Crippen LogP contribution < -0.4 is 10.3 Å². The van der Waals surface area contributed by atoms with Gasteiger partial charge in [-0.05, 0) is 48.9 Å². The van der Waals surface area contributed by atoms with Crippen LogP contribution in [0.15, 0.2) is 29.4 Å². The molecule has 0 bridgehead atoms. The summed E-state index contributed by atoms with van der Waals surface area (Å²) in [6.45, 7) is 3.86. The number of halogens is 1. The number of nitrogens with one attached hydrogen (secondary N) is 1. The molecule has 3 unspecified atom stereocenters. The van der Waals surface area contributed by atoms with Gasteiger partial charge in [0.15, 0.2) is 16.1 Å². The number of benzene rings is 1. The van der Waals surface area contributed by atoms with Crippen molar-refractivity contribution in [3.05, 3.63) is 40.7 Å². The average Bonchev–Trinajstić information content (AvgIpc) is 3.27. The third kappa shape index (κ3) is 4.67. The molecule has 1 saturated heterocycles. The fourth-order valence-electron chi connectivity index (χ4n) is 4.96. The SMILES string of the molecule is CCc1nc2n(c1N(C)c1nc(-c3ccc(F)cc3)c(C#N)s1)NC(N1CCC(N(C)[S+]([O-])C3CC3)C1)S2. The van der Waals surface area contributed by atoms with Crippen LogP contribution in [-0.2, 0) is 17.8 Å². The smallest absolute Gasteiger partial charge is 0.192 e. The Labute approximate surface area is 232 Å². The molecule has 4 heterocycles. The lowest BCUT2D eigenvalue weighted by molar-refractivity contribution is 0.297. The minimum absolute atomic E-state index is 0.0315. The second-order valence-corrected chi connectivity index (χ2v) is 13.6. The Kier molecular flexibility index (Phi) is 7.04. The van der Waals surface area contributed by atoms with Gasteiger partial charge >= 0.3 is 0 Å². The second kappa shape index (κ2) is 10.3. The van der Waals surface area contributed by atoms with Crippen molar-refractivity contribution in [3.8, 4) is 17.3 Å². The fourth-order valence-corrected chi connectivity index (χ4v) is 8.39. The van der Waals surface area contributed by atoms with E-state index in [1.807, 2.05) is 23.7 Å². The minimum Gasteiger partial charge on any atom is -0.598 e. The van der Waals surface area contributed by atoms with E-state index in [9.17, 15) is 14.2 Å². The number of nitriles is 1. The highest BCUT2D eigenvalue weighted by Gasteiger charge is 2.44. The van der Waals surface area contributed by atoms with E-state index in [0.29, 0.717) is 26.5 Å². The zero-order valence-electron chi connectivity index (χ0n) is 21.4. The van der Waals surface area contributed by atoms with Crippen LogP contribution in [0.5, 0.6) is 0 Å². The van der Waals surface area contributed by atoms with Gasteiger partial charge in [-0.3, -0.25) is 10.3 Å². The van der Waals surface area contributed by atoms with Gasteiger partial charge in [0.05, 0.1) is 11.7 Å². The molecule has 9 nitrogen and oxygen atoms in total. The number of likely N-dealkylation sites (N-methyl/N-ethyl adjacent to an activating group) is 1. The third-order valence-electron chi connectivity index (χ3n) is 7.26. The Balaban J connectivity index is 1.22. The number of hydrogen-bond donors (Lipinski definition) is 1. The number of likely N-dealkylation sites (tertiary alicyclic amines) is 1. The Morgan fingerprint density at radius 3 is 2.68 bits per heavy atom. The molecule has 2 fully saturated rings. The van der Waals surface area contributed by atoms with E-state index in [1.54, 1.807) is 23.9 Å². The Bertz CT molecular complexity index is 1370. The van der Waals surface area contributed by atoms with Crippen molar-refractivity contribution in [1.82, 2.24) is 23.8 Å². The van der Waals surface area contributed by atoms with Crippen molar-refractivity contribution in [1.29, 1.82) is 5.26 Å². The summed E-state index contributed by atoms with van der Waals surface area (Å²) in [6.07, 6.45) is 3.89. The normalized spacial score (nSPS) is 21.9. The Morgan fingerprint density at radius 2 is 2.00 bits per heavy atom. The van der Waals surface area contributed by atoms with Crippen molar-refractivity contribution in [2.75, 3.05) is 37.5 Å². The third-order valence-corrected chi connectivity index (χ3v) is 11.3. The van der Waals surface area contributed by atoms with Gasteiger partial charge < -0.3 is 9.45 Å². The van der Waals surface area contributed by atoms with Gasteiger partial charge in [0.25, 0.3) is 0 Å². The maximum Gasteiger partial charge on any atom is 0.192 e. The summed E-state index contributed by atoms with van der Waals surface area (Å²) >= 11 is 2.11. The van der Waals surface area contributed by atoms with Crippen LogP contribution >= 0.6 is 23.1 Å². The standard InChI is InChI=1S/C25H29FN8OS3/c1-4-19-22(31(2)23-29-21(20(13-27)36-23)15-5-7-16(26)8-6-15)34-24(28-19)37-25(30-34)33-12-11-17(14-33)32(3)38(35)18-9-10-18/h5-8,17-18,25,30H,4,9-12,14H2,1-3H3. The number of fused-ring (bicyclic) bond motifs is 1. The summed E-state index contributed by atoms with van der Waals surface area (Å²) in [7, 11) is 3.93. The monoisotopic (exact) mass is 572 g/mol. The molecule has 6 rings (SSSR count). The molecule has 200 valence electrons.